The van der Waals surface area contributed by atoms with Gasteiger partial charge in [0.25, 0.3) is 0 Å². The normalized spacial score (nSPS) is 10.2. The molecule has 0 spiro atoms. The van der Waals surface area contributed by atoms with Gasteiger partial charge in [-0.25, -0.2) is 0 Å². The minimum atomic E-state index is -0.134. The highest BCUT2D eigenvalue weighted by Crippen LogP contribution is 2.24. The van der Waals surface area contributed by atoms with Crippen LogP contribution in [0.25, 0.3) is 0 Å². The predicted octanol–water partition coefficient (Wildman–Crippen LogP) is 1.13. The lowest BCUT2D eigenvalue weighted by Crippen LogP contribution is -2.36. The van der Waals surface area contributed by atoms with Gasteiger partial charge in [-0.05, 0) is 18.2 Å². The molecule has 0 aliphatic heterocycles. The van der Waals surface area contributed by atoms with Gasteiger partial charge >= 0.3 is 0 Å². The van der Waals surface area contributed by atoms with Crippen LogP contribution in [0, 0.1) is 5.92 Å². The van der Waals surface area contributed by atoms with Crippen molar-refractivity contribution in [3.8, 4) is 11.5 Å². The molecule has 0 saturated carbocycles. The zero-order valence-corrected chi connectivity index (χ0v) is 13.6. The maximum atomic E-state index is 11.9. The lowest BCUT2D eigenvalue weighted by molar-refractivity contribution is -0.124. The number of benzene rings is 1. The number of carbonyl (C=O) groups is 2. The zero-order chi connectivity index (χ0) is 16.5. The summed E-state index contributed by atoms with van der Waals surface area (Å²) >= 11 is 0. The Morgan fingerprint density at radius 1 is 1.09 bits per heavy atom. The topological polar surface area (TPSA) is 76.7 Å². The molecular weight excluding hydrogens is 284 g/mol. The number of hydrogen-bond acceptors (Lipinski definition) is 4. The highest BCUT2D eigenvalue weighted by Gasteiger charge is 2.10. The molecule has 0 aliphatic rings. The van der Waals surface area contributed by atoms with Gasteiger partial charge < -0.3 is 20.1 Å². The van der Waals surface area contributed by atoms with Crippen LogP contribution >= 0.6 is 0 Å². The number of nitrogens with one attached hydrogen (secondary N) is 2. The first kappa shape index (κ1) is 17.8. The second-order valence-electron chi connectivity index (χ2n) is 5.15. The van der Waals surface area contributed by atoms with E-state index in [1.807, 2.05) is 13.8 Å². The SMILES string of the molecule is COc1ccc(OC)c(CC(=O)NCCNC(=O)C(C)C)c1. The Balaban J connectivity index is 2.46. The van der Waals surface area contributed by atoms with E-state index in [0.717, 1.165) is 5.56 Å². The van der Waals surface area contributed by atoms with Crippen LogP contribution < -0.4 is 20.1 Å². The van der Waals surface area contributed by atoms with Crippen molar-refractivity contribution < 1.29 is 19.1 Å². The Bertz CT molecular complexity index is 515. The van der Waals surface area contributed by atoms with Crippen molar-refractivity contribution in [3.63, 3.8) is 0 Å². The molecule has 0 radical (unpaired) electrons. The molecule has 0 fully saturated rings. The van der Waals surface area contributed by atoms with Crippen LogP contribution in [0.15, 0.2) is 18.2 Å². The molecule has 22 heavy (non-hydrogen) atoms. The molecule has 0 bridgehead atoms. The fourth-order valence-corrected chi connectivity index (χ4v) is 1.85. The van der Waals surface area contributed by atoms with Crippen LogP contribution in [0.2, 0.25) is 0 Å². The quantitative estimate of drug-likeness (QED) is 0.706. The molecule has 1 aromatic rings. The van der Waals surface area contributed by atoms with Crippen LogP contribution in [0.5, 0.6) is 11.5 Å². The molecule has 0 heterocycles. The zero-order valence-electron chi connectivity index (χ0n) is 13.6. The summed E-state index contributed by atoms with van der Waals surface area (Å²) in [5.74, 6) is 1.10. The van der Waals surface area contributed by atoms with Crippen molar-refractivity contribution in [1.29, 1.82) is 0 Å². The smallest absolute Gasteiger partial charge is 0.224 e. The predicted molar refractivity (Wildman–Crippen MR) is 84.1 cm³/mol. The molecule has 2 N–H and O–H groups in total. The number of amides is 2. The number of ether oxygens (including phenoxy) is 2. The van der Waals surface area contributed by atoms with E-state index < -0.39 is 0 Å². The summed E-state index contributed by atoms with van der Waals surface area (Å²) in [6.07, 6.45) is 0.193. The Morgan fingerprint density at radius 2 is 1.77 bits per heavy atom. The summed E-state index contributed by atoms with van der Waals surface area (Å²) < 4.78 is 10.4. The molecule has 1 aromatic carbocycles. The first-order valence-electron chi connectivity index (χ1n) is 7.23. The van der Waals surface area contributed by atoms with Crippen LogP contribution in [-0.2, 0) is 16.0 Å². The summed E-state index contributed by atoms with van der Waals surface area (Å²) in [6, 6.07) is 5.32. The van der Waals surface area contributed by atoms with Gasteiger partial charge in [-0.3, -0.25) is 9.59 Å². The van der Waals surface area contributed by atoms with E-state index in [0.29, 0.717) is 24.6 Å². The monoisotopic (exact) mass is 308 g/mol. The average molecular weight is 308 g/mol. The van der Waals surface area contributed by atoms with Crippen LogP contribution in [0.1, 0.15) is 19.4 Å². The van der Waals surface area contributed by atoms with Gasteiger partial charge in [-0.2, -0.15) is 0 Å². The Kier molecular flexibility index (Phi) is 7.22. The van der Waals surface area contributed by atoms with Crippen molar-refractivity contribution in [3.05, 3.63) is 23.8 Å². The van der Waals surface area contributed by atoms with Gasteiger partial charge in [-0.1, -0.05) is 13.8 Å². The largest absolute Gasteiger partial charge is 0.497 e. The third-order valence-corrected chi connectivity index (χ3v) is 3.11. The van der Waals surface area contributed by atoms with Gasteiger partial charge in [-0.15, -0.1) is 0 Å². The molecule has 0 atom stereocenters. The van der Waals surface area contributed by atoms with E-state index >= 15 is 0 Å². The van der Waals surface area contributed by atoms with Gasteiger partial charge in [0, 0.05) is 24.6 Å². The Labute approximate surface area is 131 Å². The maximum Gasteiger partial charge on any atom is 0.224 e. The van der Waals surface area contributed by atoms with Crippen molar-refractivity contribution in [2.45, 2.75) is 20.3 Å². The van der Waals surface area contributed by atoms with E-state index in [1.165, 1.54) is 0 Å². The van der Waals surface area contributed by atoms with Crippen LogP contribution in [0.4, 0.5) is 0 Å². The van der Waals surface area contributed by atoms with Crippen molar-refractivity contribution >= 4 is 11.8 Å². The molecule has 2 amide bonds. The second-order valence-corrected chi connectivity index (χ2v) is 5.15. The minimum Gasteiger partial charge on any atom is -0.497 e. The number of hydrogen-bond donors (Lipinski definition) is 2. The van der Waals surface area contributed by atoms with E-state index in [4.69, 9.17) is 9.47 Å². The van der Waals surface area contributed by atoms with Crippen molar-refractivity contribution in [2.75, 3.05) is 27.3 Å². The van der Waals surface area contributed by atoms with E-state index in [2.05, 4.69) is 10.6 Å². The molecular formula is C16H24N2O4. The minimum absolute atomic E-state index is 0.0243. The molecule has 0 aliphatic carbocycles. The standard InChI is InChI=1S/C16H24N2O4/c1-11(2)16(20)18-8-7-17-15(19)10-12-9-13(21-3)5-6-14(12)22-4/h5-6,9,11H,7-8,10H2,1-4H3,(H,17,19)(H,18,20). The Hall–Kier alpha value is -2.24. The third-order valence-electron chi connectivity index (χ3n) is 3.11. The first-order chi connectivity index (χ1) is 10.5. The lowest BCUT2D eigenvalue weighted by atomic mass is 10.1. The van der Waals surface area contributed by atoms with Gasteiger partial charge in [0.2, 0.25) is 11.8 Å². The summed E-state index contributed by atoms with van der Waals surface area (Å²) in [5, 5.41) is 5.51. The molecule has 0 aromatic heterocycles. The fraction of sp³-hybridized carbons (Fsp3) is 0.500. The van der Waals surface area contributed by atoms with Gasteiger partial charge in [0.1, 0.15) is 11.5 Å². The third kappa shape index (κ3) is 5.63. The highest BCUT2D eigenvalue weighted by molar-refractivity contribution is 5.80. The molecule has 122 valence electrons. The number of methoxy groups -OCH3 is 2. The van der Waals surface area contributed by atoms with E-state index in [-0.39, 0.29) is 24.2 Å². The van der Waals surface area contributed by atoms with Gasteiger partial charge in [0.15, 0.2) is 0 Å². The first-order valence-corrected chi connectivity index (χ1v) is 7.23. The van der Waals surface area contributed by atoms with Crippen LogP contribution in [0.3, 0.4) is 0 Å². The average Bonchev–Trinajstić information content (AvgIpc) is 2.51. The number of rotatable bonds is 8. The van der Waals surface area contributed by atoms with Gasteiger partial charge in [0.05, 0.1) is 20.6 Å². The maximum absolute atomic E-state index is 11.9. The molecule has 0 saturated heterocycles. The highest BCUT2D eigenvalue weighted by atomic mass is 16.5. The number of carbonyl (C=O) groups excluding carboxylic acids is 2. The van der Waals surface area contributed by atoms with Crippen molar-refractivity contribution in [1.82, 2.24) is 10.6 Å². The molecule has 6 heteroatoms. The summed E-state index contributed by atoms with van der Waals surface area (Å²) in [6.45, 7) is 4.45. The summed E-state index contributed by atoms with van der Waals surface area (Å²) in [4.78, 5) is 23.3. The lowest BCUT2D eigenvalue weighted by Gasteiger charge is -2.11. The summed E-state index contributed by atoms with van der Waals surface area (Å²) in [7, 11) is 3.13. The van der Waals surface area contributed by atoms with E-state index in [1.54, 1.807) is 32.4 Å². The van der Waals surface area contributed by atoms with Crippen LogP contribution in [-0.4, -0.2) is 39.1 Å². The van der Waals surface area contributed by atoms with Crippen molar-refractivity contribution in [2.24, 2.45) is 5.92 Å². The molecule has 0 unspecified atom stereocenters. The summed E-state index contributed by atoms with van der Waals surface area (Å²) in [5.41, 5.74) is 0.755. The Morgan fingerprint density at radius 3 is 2.36 bits per heavy atom. The van der Waals surface area contributed by atoms with E-state index in [9.17, 15) is 9.59 Å². The second kappa shape index (κ2) is 8.92. The fourth-order valence-electron chi connectivity index (χ4n) is 1.85. The molecule has 6 nitrogen and oxygen atoms in total. The molecule has 1 rings (SSSR count).